The van der Waals surface area contributed by atoms with E-state index in [0.29, 0.717) is 11.4 Å². The Morgan fingerprint density at radius 2 is 2.35 bits per heavy atom. The predicted molar refractivity (Wildman–Crippen MR) is 60.8 cm³/mol. The number of rotatable bonds is 2. The molecule has 1 fully saturated rings. The van der Waals surface area contributed by atoms with Crippen molar-refractivity contribution in [2.24, 2.45) is 5.92 Å². The maximum absolute atomic E-state index is 12.1. The molecule has 0 spiro atoms. The highest BCUT2D eigenvalue weighted by molar-refractivity contribution is 7.07. The lowest BCUT2D eigenvalue weighted by Gasteiger charge is -2.36. The molecule has 1 aromatic rings. The van der Waals surface area contributed by atoms with Gasteiger partial charge < -0.3 is 10.0 Å². The number of nitrogens with zero attached hydrogens (tertiary/aromatic N) is 3. The molecule has 0 bridgehead atoms. The summed E-state index contributed by atoms with van der Waals surface area (Å²) in [4.78, 5) is 25.2. The first-order valence-corrected chi connectivity index (χ1v) is 6.19. The molecule has 1 aromatic heterocycles. The number of carbonyl (C=O) groups excluding carboxylic acids is 1. The van der Waals surface area contributed by atoms with Gasteiger partial charge in [0.05, 0.1) is 6.20 Å². The van der Waals surface area contributed by atoms with Gasteiger partial charge in [0, 0.05) is 6.54 Å². The molecule has 0 saturated carbocycles. The Hall–Kier alpha value is -1.50. The Labute approximate surface area is 102 Å². The van der Waals surface area contributed by atoms with Crippen LogP contribution in [0.2, 0.25) is 0 Å². The third-order valence-corrected chi connectivity index (χ3v) is 3.67. The molecule has 1 aliphatic heterocycles. The lowest BCUT2D eigenvalue weighted by Crippen LogP contribution is -2.51. The minimum atomic E-state index is -0.942. The molecule has 17 heavy (non-hydrogen) atoms. The van der Waals surface area contributed by atoms with E-state index in [1.165, 1.54) is 11.1 Å². The van der Waals surface area contributed by atoms with Crippen LogP contribution in [0.3, 0.4) is 0 Å². The number of aliphatic carboxylic acids is 1. The maximum Gasteiger partial charge on any atom is 0.326 e. The molecule has 2 atom stereocenters. The smallest absolute Gasteiger partial charge is 0.326 e. The second kappa shape index (κ2) is 4.79. The number of hydrogen-bond acceptors (Lipinski definition) is 5. The van der Waals surface area contributed by atoms with Crippen LogP contribution in [0.15, 0.2) is 6.20 Å². The van der Waals surface area contributed by atoms with E-state index >= 15 is 0 Å². The van der Waals surface area contributed by atoms with E-state index in [2.05, 4.69) is 9.59 Å². The molecule has 1 saturated heterocycles. The average molecular weight is 255 g/mol. The van der Waals surface area contributed by atoms with E-state index in [-0.39, 0.29) is 11.8 Å². The van der Waals surface area contributed by atoms with Crippen molar-refractivity contribution >= 4 is 23.4 Å². The fraction of sp³-hybridized carbons (Fsp3) is 0.600. The van der Waals surface area contributed by atoms with E-state index in [9.17, 15) is 14.7 Å². The SMILES string of the molecule is CC1CCCN(C(=O)c2cnns2)C1C(=O)O. The lowest BCUT2D eigenvalue weighted by atomic mass is 9.90. The van der Waals surface area contributed by atoms with Gasteiger partial charge in [0.15, 0.2) is 0 Å². The van der Waals surface area contributed by atoms with Crippen molar-refractivity contribution in [2.45, 2.75) is 25.8 Å². The molecule has 2 heterocycles. The van der Waals surface area contributed by atoms with Crippen LogP contribution in [0.5, 0.6) is 0 Å². The molecule has 1 amide bonds. The Bertz CT molecular complexity index is 420. The molecule has 0 radical (unpaired) electrons. The van der Waals surface area contributed by atoms with E-state index in [0.717, 1.165) is 24.4 Å². The third-order valence-electron chi connectivity index (χ3n) is 3.02. The van der Waals surface area contributed by atoms with E-state index in [1.807, 2.05) is 6.92 Å². The van der Waals surface area contributed by atoms with Gasteiger partial charge in [-0.15, -0.1) is 5.10 Å². The van der Waals surface area contributed by atoms with E-state index in [4.69, 9.17) is 0 Å². The Morgan fingerprint density at radius 3 is 2.94 bits per heavy atom. The Morgan fingerprint density at radius 1 is 1.59 bits per heavy atom. The van der Waals surface area contributed by atoms with Gasteiger partial charge in [-0.1, -0.05) is 11.4 Å². The molecule has 1 N–H and O–H groups in total. The zero-order chi connectivity index (χ0) is 12.4. The number of amides is 1. The quantitative estimate of drug-likeness (QED) is 0.847. The van der Waals surface area contributed by atoms with E-state index in [1.54, 1.807) is 0 Å². The topological polar surface area (TPSA) is 83.4 Å². The fourth-order valence-electron chi connectivity index (χ4n) is 2.20. The first kappa shape index (κ1) is 12.0. The van der Waals surface area contributed by atoms with Crippen LogP contribution in [0.4, 0.5) is 0 Å². The molecule has 0 aromatic carbocycles. The van der Waals surface area contributed by atoms with Crippen molar-refractivity contribution < 1.29 is 14.7 Å². The normalized spacial score (nSPS) is 24.6. The molecule has 7 heteroatoms. The average Bonchev–Trinajstić information content (AvgIpc) is 2.80. The van der Waals surface area contributed by atoms with Gasteiger partial charge in [-0.3, -0.25) is 4.79 Å². The van der Waals surface area contributed by atoms with Crippen molar-refractivity contribution in [1.82, 2.24) is 14.5 Å². The van der Waals surface area contributed by atoms with Crippen molar-refractivity contribution in [3.63, 3.8) is 0 Å². The monoisotopic (exact) mass is 255 g/mol. The van der Waals surface area contributed by atoms with Gasteiger partial charge in [-0.05, 0) is 30.3 Å². The van der Waals surface area contributed by atoms with Gasteiger partial charge in [0.25, 0.3) is 5.91 Å². The van der Waals surface area contributed by atoms with Crippen LogP contribution in [-0.4, -0.2) is 44.1 Å². The van der Waals surface area contributed by atoms with Gasteiger partial charge in [-0.2, -0.15) is 0 Å². The summed E-state index contributed by atoms with van der Waals surface area (Å²) in [6.07, 6.45) is 3.05. The third kappa shape index (κ3) is 2.28. The molecular formula is C10H13N3O3S. The number of carboxylic acid groups (broad SMARTS) is 1. The first-order valence-electron chi connectivity index (χ1n) is 5.42. The van der Waals surface area contributed by atoms with Crippen LogP contribution in [0.1, 0.15) is 29.4 Å². The van der Waals surface area contributed by atoms with Crippen molar-refractivity contribution in [3.05, 3.63) is 11.1 Å². The van der Waals surface area contributed by atoms with Crippen molar-refractivity contribution in [3.8, 4) is 0 Å². The van der Waals surface area contributed by atoms with Crippen LogP contribution in [0, 0.1) is 5.92 Å². The Balaban J connectivity index is 2.23. The second-order valence-corrected chi connectivity index (χ2v) is 4.97. The zero-order valence-corrected chi connectivity index (χ0v) is 10.2. The number of carboxylic acids is 1. The molecule has 1 aliphatic rings. The summed E-state index contributed by atoms with van der Waals surface area (Å²) < 4.78 is 3.62. The minimum absolute atomic E-state index is 0.0221. The second-order valence-electron chi connectivity index (χ2n) is 4.18. The largest absolute Gasteiger partial charge is 0.480 e. The van der Waals surface area contributed by atoms with Gasteiger partial charge in [0.1, 0.15) is 10.9 Å². The predicted octanol–water partition coefficient (Wildman–Crippen LogP) is 0.863. The molecule has 92 valence electrons. The molecule has 2 rings (SSSR count). The first-order chi connectivity index (χ1) is 8.11. The fourth-order valence-corrected chi connectivity index (χ4v) is 2.67. The summed E-state index contributed by atoms with van der Waals surface area (Å²) in [6.45, 7) is 2.35. The summed E-state index contributed by atoms with van der Waals surface area (Å²) >= 11 is 0.994. The minimum Gasteiger partial charge on any atom is -0.480 e. The van der Waals surface area contributed by atoms with Crippen molar-refractivity contribution in [2.75, 3.05) is 6.54 Å². The number of piperidine rings is 1. The van der Waals surface area contributed by atoms with Crippen molar-refractivity contribution in [1.29, 1.82) is 0 Å². The summed E-state index contributed by atoms with van der Waals surface area (Å²) in [5.74, 6) is -1.24. The molecule has 6 nitrogen and oxygen atoms in total. The van der Waals surface area contributed by atoms with E-state index < -0.39 is 12.0 Å². The molecule has 2 unspecified atom stereocenters. The summed E-state index contributed by atoms with van der Waals surface area (Å²) in [6, 6.07) is -0.738. The standard InChI is InChI=1S/C10H13N3O3S/c1-6-3-2-4-13(8(6)10(15)16)9(14)7-5-11-12-17-7/h5-6,8H,2-4H2,1H3,(H,15,16). The van der Waals surface area contributed by atoms with Gasteiger partial charge in [-0.25, -0.2) is 4.79 Å². The van der Waals surface area contributed by atoms with Crippen LogP contribution < -0.4 is 0 Å². The lowest BCUT2D eigenvalue weighted by molar-refractivity contribution is -0.145. The molecule has 0 aliphatic carbocycles. The number of aromatic nitrogens is 2. The number of hydrogen-bond donors (Lipinski definition) is 1. The van der Waals surface area contributed by atoms with Gasteiger partial charge in [0.2, 0.25) is 0 Å². The van der Waals surface area contributed by atoms with Gasteiger partial charge >= 0.3 is 5.97 Å². The Kier molecular flexibility index (Phi) is 3.37. The number of likely N-dealkylation sites (tertiary alicyclic amines) is 1. The highest BCUT2D eigenvalue weighted by atomic mass is 32.1. The maximum atomic E-state index is 12.1. The van der Waals surface area contributed by atoms with Crippen LogP contribution in [-0.2, 0) is 4.79 Å². The molecular weight excluding hydrogens is 242 g/mol. The summed E-state index contributed by atoms with van der Waals surface area (Å²) in [5.41, 5.74) is 0. The number of carbonyl (C=O) groups is 2. The summed E-state index contributed by atoms with van der Waals surface area (Å²) in [7, 11) is 0. The van der Waals surface area contributed by atoms with Crippen LogP contribution >= 0.6 is 11.5 Å². The summed E-state index contributed by atoms with van der Waals surface area (Å²) in [5, 5.41) is 12.8. The highest BCUT2D eigenvalue weighted by Crippen LogP contribution is 2.25. The van der Waals surface area contributed by atoms with Crippen LogP contribution in [0.25, 0.3) is 0 Å². The highest BCUT2D eigenvalue weighted by Gasteiger charge is 2.37. The zero-order valence-electron chi connectivity index (χ0n) is 9.37.